The van der Waals surface area contributed by atoms with E-state index in [9.17, 15) is 0 Å². The zero-order valence-electron chi connectivity index (χ0n) is 10.8. The van der Waals surface area contributed by atoms with E-state index < -0.39 is 0 Å². The Morgan fingerprint density at radius 2 is 1.69 bits per heavy atom. The lowest BCUT2D eigenvalue weighted by Crippen LogP contribution is -2.73. The van der Waals surface area contributed by atoms with Gasteiger partial charge in [0.05, 0.1) is 19.9 Å². The van der Waals surface area contributed by atoms with Crippen LogP contribution in [0.2, 0.25) is 0 Å². The van der Waals surface area contributed by atoms with E-state index >= 15 is 0 Å². The molecular weight excluding hydrogens is 200 g/mol. The van der Waals surface area contributed by atoms with Crippen LogP contribution >= 0.6 is 0 Å². The minimum absolute atomic E-state index is 1.04. The molecule has 0 saturated carbocycles. The number of hydrogen-bond donors (Lipinski definition) is 1. The molecule has 4 heteroatoms. The second-order valence-electron chi connectivity index (χ2n) is 5.99. The minimum Gasteiger partial charge on any atom is -0.366 e. The Labute approximate surface area is 99.1 Å². The van der Waals surface area contributed by atoms with Gasteiger partial charge in [-0.25, -0.2) is 0 Å². The topological polar surface area (TPSA) is 27.1 Å². The Balaban J connectivity index is 1.79. The molecule has 3 heterocycles. The Morgan fingerprint density at radius 3 is 2.19 bits per heavy atom. The fourth-order valence-electron chi connectivity index (χ4n) is 3.09. The maximum Gasteiger partial charge on any atom is 0.129 e. The van der Waals surface area contributed by atoms with E-state index in [4.69, 9.17) is 5.41 Å². The van der Waals surface area contributed by atoms with Crippen LogP contribution in [0.15, 0.2) is 0 Å². The van der Waals surface area contributed by atoms with Gasteiger partial charge in [-0.2, -0.15) is 0 Å². The summed E-state index contributed by atoms with van der Waals surface area (Å²) >= 11 is 0. The summed E-state index contributed by atoms with van der Waals surface area (Å²) in [6, 6.07) is 0. The maximum atomic E-state index is 7.15. The number of quaternary nitrogens is 2. The molecule has 3 rings (SSSR count). The van der Waals surface area contributed by atoms with Gasteiger partial charge in [0.15, 0.2) is 0 Å². The van der Waals surface area contributed by atoms with E-state index in [-0.39, 0.29) is 0 Å². The van der Waals surface area contributed by atoms with Crippen LogP contribution in [0.3, 0.4) is 0 Å². The first kappa shape index (κ1) is 11.9. The summed E-state index contributed by atoms with van der Waals surface area (Å²) in [4.78, 5) is 1.98. The first-order valence-corrected chi connectivity index (χ1v) is 6.47. The number of nitrogens with zero attached hydrogens (tertiary/aromatic N) is 3. The summed E-state index contributed by atoms with van der Waals surface area (Å²) in [6.07, 6.45) is 2.66. The normalized spacial score (nSPS) is 37.4. The van der Waals surface area contributed by atoms with Crippen molar-refractivity contribution in [1.29, 1.82) is 5.41 Å². The van der Waals surface area contributed by atoms with E-state index in [0.717, 1.165) is 6.54 Å². The molecule has 0 atom stereocenters. The Bertz CT molecular complexity index is 239. The van der Waals surface area contributed by atoms with Crippen LogP contribution in [0.1, 0.15) is 6.42 Å². The second kappa shape index (κ2) is 4.34. The highest BCUT2D eigenvalue weighted by molar-refractivity contribution is 5.49. The van der Waals surface area contributed by atoms with Crippen LogP contribution in [0.5, 0.6) is 0 Å². The van der Waals surface area contributed by atoms with Crippen molar-refractivity contribution in [3.63, 3.8) is 0 Å². The molecule has 3 aliphatic rings. The Hall–Kier alpha value is -0.610. The number of fused-ring (bicyclic) bond motifs is 3. The number of likely N-dealkylation sites (N-methyl/N-ethyl adjacent to an activating group) is 1. The summed E-state index contributed by atoms with van der Waals surface area (Å²) in [5.41, 5.74) is 0. The molecule has 1 N–H and O–H groups in total. The highest BCUT2D eigenvalue weighted by atomic mass is 15.5. The lowest BCUT2D eigenvalue weighted by atomic mass is 10.1. The van der Waals surface area contributed by atoms with Gasteiger partial charge in [0, 0.05) is 20.0 Å². The second-order valence-corrected chi connectivity index (χ2v) is 5.99. The Kier molecular flexibility index (Phi) is 3.22. The summed E-state index contributed by atoms with van der Waals surface area (Å²) in [6.45, 7) is 10.6. The highest BCUT2D eigenvalue weighted by Gasteiger charge is 2.46. The standard InChI is InChI=1S/C12H26N4/c1-14(12-13)4-3-5-16-9-6-15(2,7-10-16)8-11-16/h12-13H,3-11H2,1-2H3/q+2. The van der Waals surface area contributed by atoms with Crippen molar-refractivity contribution in [3.05, 3.63) is 0 Å². The van der Waals surface area contributed by atoms with Gasteiger partial charge in [0.25, 0.3) is 0 Å². The molecule has 0 spiro atoms. The monoisotopic (exact) mass is 226 g/mol. The number of hydrogen-bond acceptors (Lipinski definition) is 1. The van der Waals surface area contributed by atoms with Gasteiger partial charge in [-0.1, -0.05) is 0 Å². The molecule has 92 valence electrons. The highest BCUT2D eigenvalue weighted by Crippen LogP contribution is 2.24. The predicted octanol–water partition coefficient (Wildman–Crippen LogP) is 0.206. The molecule has 0 aromatic rings. The Morgan fingerprint density at radius 1 is 1.12 bits per heavy atom. The predicted molar refractivity (Wildman–Crippen MR) is 66.5 cm³/mol. The molecular formula is C12H26N4+2. The zero-order valence-corrected chi connectivity index (χ0v) is 10.8. The van der Waals surface area contributed by atoms with Crippen molar-refractivity contribution in [3.8, 4) is 0 Å². The van der Waals surface area contributed by atoms with Crippen LogP contribution in [0, 0.1) is 5.41 Å². The van der Waals surface area contributed by atoms with E-state index in [1.807, 2.05) is 11.9 Å². The number of piperazine rings is 3. The SMILES string of the molecule is CN(C=N)CCC[N+]12CC[N+](C)(CC1)CC2. The van der Waals surface area contributed by atoms with E-state index in [1.165, 1.54) is 67.5 Å². The van der Waals surface area contributed by atoms with Gasteiger partial charge >= 0.3 is 0 Å². The van der Waals surface area contributed by atoms with E-state index in [2.05, 4.69) is 7.05 Å². The average molecular weight is 226 g/mol. The lowest BCUT2D eigenvalue weighted by Gasteiger charge is -2.54. The average Bonchev–Trinajstić information content (AvgIpc) is 2.31. The van der Waals surface area contributed by atoms with Crippen molar-refractivity contribution in [1.82, 2.24) is 4.90 Å². The zero-order chi connectivity index (χ0) is 11.6. The van der Waals surface area contributed by atoms with Crippen LogP contribution in [-0.4, -0.2) is 86.7 Å². The summed E-state index contributed by atoms with van der Waals surface area (Å²) < 4.78 is 2.68. The number of rotatable bonds is 5. The van der Waals surface area contributed by atoms with Gasteiger partial charge in [0.2, 0.25) is 0 Å². The summed E-state index contributed by atoms with van der Waals surface area (Å²) in [5, 5.41) is 7.15. The van der Waals surface area contributed by atoms with Gasteiger partial charge in [-0.3, -0.25) is 5.41 Å². The van der Waals surface area contributed by atoms with Gasteiger partial charge in [-0.15, -0.1) is 0 Å². The molecule has 16 heavy (non-hydrogen) atoms. The third-order valence-electron chi connectivity index (χ3n) is 4.71. The molecule has 4 nitrogen and oxygen atoms in total. The first-order chi connectivity index (χ1) is 7.58. The molecule has 0 unspecified atom stereocenters. The summed E-state index contributed by atoms with van der Waals surface area (Å²) in [5.74, 6) is 0. The van der Waals surface area contributed by atoms with Gasteiger partial charge in [0.1, 0.15) is 39.3 Å². The van der Waals surface area contributed by atoms with Crippen LogP contribution in [0.25, 0.3) is 0 Å². The van der Waals surface area contributed by atoms with Crippen LogP contribution in [0.4, 0.5) is 0 Å². The van der Waals surface area contributed by atoms with Crippen molar-refractivity contribution < 1.29 is 8.97 Å². The quantitative estimate of drug-likeness (QED) is 0.405. The smallest absolute Gasteiger partial charge is 0.129 e. The molecule has 0 amide bonds. The van der Waals surface area contributed by atoms with Crippen molar-refractivity contribution in [2.45, 2.75) is 6.42 Å². The summed E-state index contributed by atoms with van der Waals surface area (Å²) in [7, 11) is 4.41. The van der Waals surface area contributed by atoms with Crippen molar-refractivity contribution in [2.24, 2.45) is 0 Å². The van der Waals surface area contributed by atoms with Crippen molar-refractivity contribution >= 4 is 6.34 Å². The first-order valence-electron chi connectivity index (χ1n) is 6.47. The van der Waals surface area contributed by atoms with Gasteiger partial charge in [-0.05, 0) is 0 Å². The largest absolute Gasteiger partial charge is 0.366 e. The third kappa shape index (κ3) is 2.38. The van der Waals surface area contributed by atoms with E-state index in [0.29, 0.717) is 0 Å². The van der Waals surface area contributed by atoms with Gasteiger partial charge < -0.3 is 13.9 Å². The van der Waals surface area contributed by atoms with Crippen molar-refractivity contribution in [2.75, 3.05) is 66.5 Å². The molecule has 0 aromatic carbocycles. The molecule has 3 aliphatic heterocycles. The molecule has 0 radical (unpaired) electrons. The van der Waals surface area contributed by atoms with Crippen LogP contribution in [-0.2, 0) is 0 Å². The molecule has 3 fully saturated rings. The van der Waals surface area contributed by atoms with Crippen LogP contribution < -0.4 is 0 Å². The minimum atomic E-state index is 1.04. The lowest BCUT2D eigenvalue weighted by molar-refractivity contribution is -1.07. The molecule has 3 saturated heterocycles. The maximum absolute atomic E-state index is 7.15. The fourth-order valence-corrected chi connectivity index (χ4v) is 3.09. The molecule has 0 aliphatic carbocycles. The molecule has 0 aromatic heterocycles. The third-order valence-corrected chi connectivity index (χ3v) is 4.71. The fraction of sp³-hybridized carbons (Fsp3) is 0.917. The van der Waals surface area contributed by atoms with E-state index in [1.54, 1.807) is 0 Å². The number of nitrogens with one attached hydrogen (secondary N) is 1. The molecule has 2 bridgehead atoms.